The van der Waals surface area contributed by atoms with Crippen molar-refractivity contribution in [2.24, 2.45) is 7.05 Å². The molecule has 2 aromatic heterocycles. The molecule has 4 aromatic rings. The number of hydrogen-bond acceptors (Lipinski definition) is 7. The summed E-state index contributed by atoms with van der Waals surface area (Å²) in [5.74, 6) is 1.36. The lowest BCUT2D eigenvalue weighted by atomic mass is 9.85. The van der Waals surface area contributed by atoms with Crippen LogP contribution in [0, 0.1) is 6.92 Å². The summed E-state index contributed by atoms with van der Waals surface area (Å²) in [5.41, 5.74) is 3.91. The molecule has 0 atom stereocenters. The number of methoxy groups -OCH3 is 1. The van der Waals surface area contributed by atoms with Crippen LogP contribution in [0.1, 0.15) is 55.2 Å². The number of carbonyl (C=O) groups is 1. The number of amides is 1. The van der Waals surface area contributed by atoms with Crippen molar-refractivity contribution in [2.75, 3.05) is 32.6 Å². The molecule has 41 heavy (non-hydrogen) atoms. The van der Waals surface area contributed by atoms with Crippen molar-refractivity contribution in [3.05, 3.63) is 65.5 Å². The summed E-state index contributed by atoms with van der Waals surface area (Å²) < 4.78 is 19.8. The Kier molecular flexibility index (Phi) is 7.91. The van der Waals surface area contributed by atoms with Crippen LogP contribution in [-0.2, 0) is 12.5 Å². The Bertz CT molecular complexity index is 1560. The molecule has 1 aliphatic heterocycles. The van der Waals surface area contributed by atoms with Crippen molar-refractivity contribution < 1.29 is 19.0 Å². The second kappa shape index (κ2) is 11.4. The second-order valence-corrected chi connectivity index (χ2v) is 11.8. The van der Waals surface area contributed by atoms with E-state index in [0.29, 0.717) is 34.8 Å². The molecule has 1 fully saturated rings. The van der Waals surface area contributed by atoms with Crippen LogP contribution in [0.4, 0.5) is 5.69 Å². The average molecular weight is 558 g/mol. The van der Waals surface area contributed by atoms with Crippen LogP contribution in [-0.4, -0.2) is 58.7 Å². The Morgan fingerprint density at radius 1 is 1.07 bits per heavy atom. The van der Waals surface area contributed by atoms with Crippen LogP contribution in [0.5, 0.6) is 23.4 Å². The van der Waals surface area contributed by atoms with Crippen LogP contribution < -0.4 is 19.5 Å². The number of nitrogens with zero attached hydrogens (tertiary/aromatic N) is 4. The van der Waals surface area contributed by atoms with E-state index in [1.54, 1.807) is 19.4 Å². The molecule has 0 saturated carbocycles. The molecule has 1 amide bonds. The maximum Gasteiger partial charge on any atom is 0.319 e. The van der Waals surface area contributed by atoms with E-state index in [1.165, 1.54) is 0 Å². The number of benzene rings is 2. The minimum atomic E-state index is -0.241. The van der Waals surface area contributed by atoms with Crippen molar-refractivity contribution in [2.45, 2.75) is 52.1 Å². The lowest BCUT2D eigenvalue weighted by molar-refractivity contribution is 0.101. The number of anilines is 1. The number of rotatable bonds is 7. The van der Waals surface area contributed by atoms with Crippen LogP contribution in [0.2, 0.25) is 0 Å². The fraction of sp³-hybridized carbons (Fsp3) is 0.406. The Morgan fingerprint density at radius 3 is 2.54 bits per heavy atom. The Hall–Kier alpha value is -4.11. The Morgan fingerprint density at radius 2 is 1.83 bits per heavy atom. The van der Waals surface area contributed by atoms with Crippen LogP contribution in [0.15, 0.2) is 48.7 Å². The van der Waals surface area contributed by atoms with E-state index in [1.807, 2.05) is 48.9 Å². The monoisotopic (exact) mass is 557 g/mol. The first kappa shape index (κ1) is 28.4. The van der Waals surface area contributed by atoms with Crippen LogP contribution >= 0.6 is 0 Å². The van der Waals surface area contributed by atoms with Gasteiger partial charge in [-0.15, -0.1) is 0 Å². The molecule has 216 valence electrons. The molecule has 1 aliphatic rings. The number of fused-ring (bicyclic) bond motifs is 1. The summed E-state index contributed by atoms with van der Waals surface area (Å²) in [6, 6.07) is 13.7. The summed E-state index contributed by atoms with van der Waals surface area (Å²) >= 11 is 0. The van der Waals surface area contributed by atoms with Crippen molar-refractivity contribution >= 4 is 22.5 Å². The molecule has 0 radical (unpaired) electrons. The number of carbonyl (C=O) groups excluding carboxylic acids is 1. The fourth-order valence-electron chi connectivity index (χ4n) is 5.24. The SMILES string of the molecule is COc1c(C)cc(C(C)(C)C)cc1NC(=O)c1cc2cccc(Oc3ccnc(OC4CCN(C)CC4)n3)c2n1C. The summed E-state index contributed by atoms with van der Waals surface area (Å²) in [6.07, 6.45) is 3.59. The summed E-state index contributed by atoms with van der Waals surface area (Å²) in [7, 11) is 5.59. The highest BCUT2D eigenvalue weighted by Crippen LogP contribution is 2.36. The third-order valence-electron chi connectivity index (χ3n) is 7.60. The molecular formula is C32H39N5O4. The van der Waals surface area contributed by atoms with E-state index in [0.717, 1.165) is 48.0 Å². The molecule has 0 aliphatic carbocycles. The fourth-order valence-corrected chi connectivity index (χ4v) is 5.24. The van der Waals surface area contributed by atoms with Gasteiger partial charge in [0.25, 0.3) is 5.91 Å². The summed E-state index contributed by atoms with van der Waals surface area (Å²) in [4.78, 5) is 24.7. The van der Waals surface area contributed by atoms with Gasteiger partial charge in [0, 0.05) is 37.8 Å². The number of piperidine rings is 1. The number of hydrogen-bond donors (Lipinski definition) is 1. The highest BCUT2D eigenvalue weighted by atomic mass is 16.5. The molecule has 0 spiro atoms. The highest BCUT2D eigenvalue weighted by Gasteiger charge is 2.23. The Labute approximate surface area is 241 Å². The molecule has 9 heteroatoms. The molecule has 3 heterocycles. The minimum Gasteiger partial charge on any atom is -0.494 e. The zero-order valence-corrected chi connectivity index (χ0v) is 24.9. The molecular weight excluding hydrogens is 518 g/mol. The topological polar surface area (TPSA) is 90.7 Å². The van der Waals surface area contributed by atoms with Gasteiger partial charge in [-0.3, -0.25) is 4.79 Å². The van der Waals surface area contributed by atoms with Gasteiger partial charge in [0.15, 0.2) is 5.75 Å². The van der Waals surface area contributed by atoms with E-state index in [9.17, 15) is 4.79 Å². The summed E-state index contributed by atoms with van der Waals surface area (Å²) in [6.45, 7) is 10.4. The van der Waals surface area contributed by atoms with Crippen molar-refractivity contribution in [1.82, 2.24) is 19.4 Å². The first-order valence-corrected chi connectivity index (χ1v) is 14.0. The van der Waals surface area contributed by atoms with Gasteiger partial charge in [0.05, 0.1) is 18.3 Å². The van der Waals surface area contributed by atoms with Gasteiger partial charge < -0.3 is 29.0 Å². The lowest BCUT2D eigenvalue weighted by Gasteiger charge is -2.28. The quantitative estimate of drug-likeness (QED) is 0.294. The van der Waals surface area contributed by atoms with E-state index in [4.69, 9.17) is 14.2 Å². The van der Waals surface area contributed by atoms with Crippen molar-refractivity contribution in [1.29, 1.82) is 0 Å². The van der Waals surface area contributed by atoms with Gasteiger partial charge in [-0.2, -0.15) is 4.98 Å². The van der Waals surface area contributed by atoms with Gasteiger partial charge in [0.2, 0.25) is 5.88 Å². The molecule has 1 N–H and O–H groups in total. The molecule has 0 bridgehead atoms. The van der Waals surface area contributed by atoms with E-state index in [2.05, 4.69) is 54.1 Å². The molecule has 1 saturated heterocycles. The third-order valence-corrected chi connectivity index (χ3v) is 7.60. The molecule has 5 rings (SSSR count). The second-order valence-electron chi connectivity index (χ2n) is 11.8. The van der Waals surface area contributed by atoms with Crippen molar-refractivity contribution in [3.8, 4) is 23.4 Å². The maximum absolute atomic E-state index is 13.6. The number of ether oxygens (including phenoxy) is 3. The summed E-state index contributed by atoms with van der Waals surface area (Å²) in [5, 5.41) is 3.96. The predicted molar refractivity (Wildman–Crippen MR) is 161 cm³/mol. The predicted octanol–water partition coefficient (Wildman–Crippen LogP) is 6.10. The normalized spacial score (nSPS) is 14.7. The molecule has 9 nitrogen and oxygen atoms in total. The minimum absolute atomic E-state index is 0.0819. The number of para-hydroxylation sites is 1. The first-order chi connectivity index (χ1) is 19.5. The van der Waals surface area contributed by atoms with Gasteiger partial charge in [-0.25, -0.2) is 4.98 Å². The van der Waals surface area contributed by atoms with Gasteiger partial charge in [-0.05, 0) is 61.6 Å². The maximum atomic E-state index is 13.6. The van der Waals surface area contributed by atoms with E-state index < -0.39 is 0 Å². The van der Waals surface area contributed by atoms with Crippen LogP contribution in [0.3, 0.4) is 0 Å². The largest absolute Gasteiger partial charge is 0.494 e. The van der Waals surface area contributed by atoms with Gasteiger partial charge >= 0.3 is 6.01 Å². The molecule has 2 aromatic carbocycles. The van der Waals surface area contributed by atoms with E-state index >= 15 is 0 Å². The van der Waals surface area contributed by atoms with Crippen molar-refractivity contribution in [3.63, 3.8) is 0 Å². The average Bonchev–Trinajstić information content (AvgIpc) is 3.27. The molecule has 0 unspecified atom stereocenters. The lowest BCUT2D eigenvalue weighted by Crippen LogP contribution is -2.35. The first-order valence-electron chi connectivity index (χ1n) is 14.0. The Balaban J connectivity index is 1.40. The highest BCUT2D eigenvalue weighted by molar-refractivity contribution is 6.07. The van der Waals surface area contributed by atoms with Gasteiger partial charge in [-0.1, -0.05) is 39.0 Å². The number of nitrogens with one attached hydrogen (secondary N) is 1. The standard InChI is InChI=1S/C32H39N5O4/c1-20-17-22(32(2,3)4)19-24(29(20)39-7)34-30(38)25-18-21-9-8-10-26(28(21)37(25)6)41-27-11-14-33-31(35-27)40-23-12-15-36(5)16-13-23/h8-11,14,17-19,23H,12-13,15-16H2,1-7H3,(H,34,38). The van der Waals surface area contributed by atoms with Gasteiger partial charge in [0.1, 0.15) is 17.5 Å². The van der Waals surface area contributed by atoms with E-state index in [-0.39, 0.29) is 17.4 Å². The van der Waals surface area contributed by atoms with Crippen LogP contribution in [0.25, 0.3) is 10.9 Å². The number of aryl methyl sites for hydroxylation is 2. The number of likely N-dealkylation sites (tertiary alicyclic amines) is 1. The zero-order valence-electron chi connectivity index (χ0n) is 24.9. The smallest absolute Gasteiger partial charge is 0.319 e. The zero-order chi connectivity index (χ0) is 29.3. The third kappa shape index (κ3) is 6.15. The number of aromatic nitrogens is 3.